The number of phenolic OH excluding ortho intramolecular Hbond substituents is 1. The molecule has 0 aliphatic rings. The molecule has 3 nitrogen and oxygen atoms in total. The number of nitrogens with zero attached hydrogens (tertiary/aromatic N) is 1. The van der Waals surface area contributed by atoms with Crippen LogP contribution in [0, 0.1) is 6.92 Å². The lowest BCUT2D eigenvalue weighted by Crippen LogP contribution is -2.25. The highest BCUT2D eigenvalue weighted by atomic mass is 16.5. The molecule has 3 heteroatoms. The Kier molecular flexibility index (Phi) is 7.32. The number of phenols is 1. The van der Waals surface area contributed by atoms with Gasteiger partial charge in [0.05, 0.1) is 0 Å². The average Bonchev–Trinajstić information content (AvgIpc) is 2.58. The highest BCUT2D eigenvalue weighted by molar-refractivity contribution is 5.46. The van der Waals surface area contributed by atoms with Gasteiger partial charge in [-0.3, -0.25) is 0 Å². The molecule has 0 aliphatic heterocycles. The molecule has 2 rings (SSSR count). The third-order valence-corrected chi connectivity index (χ3v) is 4.53. The molecule has 2 aromatic carbocycles. The summed E-state index contributed by atoms with van der Waals surface area (Å²) < 4.78 is 6.02. The SMILES string of the molecule is Cc1cc(OCCN(C)CCCc2ccccc2)c(C(C)C)cc1O. The second kappa shape index (κ2) is 9.47. The van der Waals surface area contributed by atoms with Crippen LogP contribution in [0.3, 0.4) is 0 Å². The van der Waals surface area contributed by atoms with Gasteiger partial charge in [0.15, 0.2) is 0 Å². The minimum atomic E-state index is 0.324. The molecule has 2 aromatic rings. The van der Waals surface area contributed by atoms with Gasteiger partial charge in [-0.1, -0.05) is 44.2 Å². The molecule has 0 unspecified atom stereocenters. The smallest absolute Gasteiger partial charge is 0.123 e. The molecule has 0 fully saturated rings. The van der Waals surface area contributed by atoms with Gasteiger partial charge in [-0.15, -0.1) is 0 Å². The van der Waals surface area contributed by atoms with Crippen LogP contribution in [0.15, 0.2) is 42.5 Å². The van der Waals surface area contributed by atoms with Crippen molar-refractivity contribution in [2.24, 2.45) is 0 Å². The van der Waals surface area contributed by atoms with Crippen molar-refractivity contribution in [1.82, 2.24) is 4.90 Å². The maximum absolute atomic E-state index is 9.91. The molecular formula is C22H31NO2. The summed E-state index contributed by atoms with van der Waals surface area (Å²) in [6, 6.07) is 14.4. The third-order valence-electron chi connectivity index (χ3n) is 4.53. The summed E-state index contributed by atoms with van der Waals surface area (Å²) in [6.07, 6.45) is 2.26. The summed E-state index contributed by atoms with van der Waals surface area (Å²) >= 11 is 0. The molecule has 0 radical (unpaired) electrons. The number of aryl methyl sites for hydroxylation is 2. The quantitative estimate of drug-likeness (QED) is 0.713. The minimum absolute atomic E-state index is 0.324. The van der Waals surface area contributed by atoms with E-state index in [-0.39, 0.29) is 0 Å². The summed E-state index contributed by atoms with van der Waals surface area (Å²) in [5, 5.41) is 9.91. The van der Waals surface area contributed by atoms with E-state index < -0.39 is 0 Å². The normalized spacial score (nSPS) is 11.3. The zero-order chi connectivity index (χ0) is 18.2. The predicted octanol–water partition coefficient (Wildman–Crippen LogP) is 4.77. The Morgan fingerprint density at radius 2 is 1.80 bits per heavy atom. The zero-order valence-electron chi connectivity index (χ0n) is 16.0. The summed E-state index contributed by atoms with van der Waals surface area (Å²) in [6.45, 7) is 8.75. The number of aromatic hydroxyl groups is 1. The molecule has 0 saturated carbocycles. The van der Waals surface area contributed by atoms with Gasteiger partial charge in [0.25, 0.3) is 0 Å². The van der Waals surface area contributed by atoms with Gasteiger partial charge in [-0.25, -0.2) is 0 Å². The van der Waals surface area contributed by atoms with Crippen molar-refractivity contribution in [3.8, 4) is 11.5 Å². The number of hydrogen-bond donors (Lipinski definition) is 1. The van der Waals surface area contributed by atoms with E-state index in [4.69, 9.17) is 4.74 Å². The maximum atomic E-state index is 9.91. The summed E-state index contributed by atoms with van der Waals surface area (Å²) in [7, 11) is 2.14. The van der Waals surface area contributed by atoms with Crippen LogP contribution in [0.2, 0.25) is 0 Å². The molecule has 0 saturated heterocycles. The van der Waals surface area contributed by atoms with Crippen LogP contribution in [0.1, 0.15) is 42.9 Å². The van der Waals surface area contributed by atoms with E-state index in [2.05, 4.69) is 56.1 Å². The number of likely N-dealkylation sites (N-methyl/N-ethyl adjacent to an activating group) is 1. The Morgan fingerprint density at radius 1 is 1.08 bits per heavy atom. The van der Waals surface area contributed by atoms with Gasteiger partial charge in [0.2, 0.25) is 0 Å². The van der Waals surface area contributed by atoms with Crippen LogP contribution in [-0.2, 0) is 6.42 Å². The standard InChI is InChI=1S/C22H31NO2/c1-17(2)20-16-21(24)18(3)15-22(20)25-14-13-23(4)12-8-11-19-9-6-5-7-10-19/h5-7,9-10,15-17,24H,8,11-14H2,1-4H3. The molecular weight excluding hydrogens is 310 g/mol. The van der Waals surface area contributed by atoms with Crippen molar-refractivity contribution in [2.45, 2.75) is 39.5 Å². The Labute approximate surface area is 152 Å². The van der Waals surface area contributed by atoms with Crippen molar-refractivity contribution in [3.63, 3.8) is 0 Å². The first kappa shape index (κ1) is 19.3. The second-order valence-corrected chi connectivity index (χ2v) is 7.07. The Hall–Kier alpha value is -2.00. The van der Waals surface area contributed by atoms with Crippen LogP contribution >= 0.6 is 0 Å². The first-order chi connectivity index (χ1) is 12.0. The molecule has 0 spiro atoms. The summed E-state index contributed by atoms with van der Waals surface area (Å²) in [4.78, 5) is 2.31. The topological polar surface area (TPSA) is 32.7 Å². The van der Waals surface area contributed by atoms with Crippen LogP contribution in [0.5, 0.6) is 11.5 Å². The summed E-state index contributed by atoms with van der Waals surface area (Å²) in [5.41, 5.74) is 3.32. The first-order valence-electron chi connectivity index (χ1n) is 9.16. The fourth-order valence-corrected chi connectivity index (χ4v) is 2.88. The lowest BCUT2D eigenvalue weighted by molar-refractivity contribution is 0.234. The number of ether oxygens (including phenoxy) is 1. The highest BCUT2D eigenvalue weighted by Gasteiger charge is 2.11. The fraction of sp³-hybridized carbons (Fsp3) is 0.455. The van der Waals surface area contributed by atoms with Crippen molar-refractivity contribution >= 4 is 0 Å². The third kappa shape index (κ3) is 6.09. The van der Waals surface area contributed by atoms with E-state index in [1.54, 1.807) is 0 Å². The van der Waals surface area contributed by atoms with Crippen LogP contribution < -0.4 is 4.74 Å². The van der Waals surface area contributed by atoms with Gasteiger partial charge < -0.3 is 14.7 Å². The molecule has 0 amide bonds. The van der Waals surface area contributed by atoms with Crippen molar-refractivity contribution in [3.05, 3.63) is 59.2 Å². The highest BCUT2D eigenvalue weighted by Crippen LogP contribution is 2.32. The van der Waals surface area contributed by atoms with Crippen LogP contribution in [-0.4, -0.2) is 36.8 Å². The number of benzene rings is 2. The largest absolute Gasteiger partial charge is 0.508 e. The zero-order valence-corrected chi connectivity index (χ0v) is 16.0. The second-order valence-electron chi connectivity index (χ2n) is 7.07. The van der Waals surface area contributed by atoms with Crippen molar-refractivity contribution < 1.29 is 9.84 Å². The van der Waals surface area contributed by atoms with E-state index in [1.165, 1.54) is 5.56 Å². The molecule has 136 valence electrons. The van der Waals surface area contributed by atoms with Crippen LogP contribution in [0.25, 0.3) is 0 Å². The minimum Gasteiger partial charge on any atom is -0.508 e. The maximum Gasteiger partial charge on any atom is 0.123 e. The van der Waals surface area contributed by atoms with Gasteiger partial charge in [0, 0.05) is 12.1 Å². The van der Waals surface area contributed by atoms with Gasteiger partial charge in [0.1, 0.15) is 18.1 Å². The average molecular weight is 341 g/mol. The van der Waals surface area contributed by atoms with Gasteiger partial charge in [-0.2, -0.15) is 0 Å². The van der Waals surface area contributed by atoms with Gasteiger partial charge in [-0.05, 0) is 62.5 Å². The molecule has 0 aromatic heterocycles. The van der Waals surface area contributed by atoms with E-state index >= 15 is 0 Å². The monoisotopic (exact) mass is 341 g/mol. The molecule has 0 heterocycles. The number of hydrogen-bond acceptors (Lipinski definition) is 3. The van der Waals surface area contributed by atoms with Gasteiger partial charge >= 0.3 is 0 Å². The van der Waals surface area contributed by atoms with Crippen molar-refractivity contribution in [1.29, 1.82) is 0 Å². The molecule has 25 heavy (non-hydrogen) atoms. The molecule has 0 bridgehead atoms. The summed E-state index contributed by atoms with van der Waals surface area (Å²) in [5.74, 6) is 1.56. The predicted molar refractivity (Wildman–Crippen MR) is 105 cm³/mol. The van der Waals surface area contributed by atoms with Crippen LogP contribution in [0.4, 0.5) is 0 Å². The molecule has 0 aliphatic carbocycles. The van der Waals surface area contributed by atoms with E-state index in [9.17, 15) is 5.11 Å². The van der Waals surface area contributed by atoms with E-state index in [1.807, 2.05) is 19.1 Å². The Morgan fingerprint density at radius 3 is 2.48 bits per heavy atom. The lowest BCUT2D eigenvalue weighted by Gasteiger charge is -2.19. The fourth-order valence-electron chi connectivity index (χ4n) is 2.88. The van der Waals surface area contributed by atoms with Crippen molar-refractivity contribution in [2.75, 3.05) is 26.7 Å². The molecule has 0 atom stereocenters. The first-order valence-corrected chi connectivity index (χ1v) is 9.16. The Bertz CT molecular complexity index is 653. The van der Waals surface area contributed by atoms with E-state index in [0.717, 1.165) is 42.8 Å². The lowest BCUT2D eigenvalue weighted by atomic mass is 10.00. The number of rotatable bonds is 9. The molecule has 1 N–H and O–H groups in total. The Balaban J connectivity index is 1.77. The van der Waals surface area contributed by atoms with E-state index in [0.29, 0.717) is 18.3 Å².